The first-order valence-electron chi connectivity index (χ1n) is 3.20. The van der Waals surface area contributed by atoms with Crippen LogP contribution in [0.15, 0.2) is 11.6 Å². The van der Waals surface area contributed by atoms with Crippen molar-refractivity contribution in [1.82, 2.24) is 0 Å². The minimum Gasteiger partial charge on any atom is -0.481 e. The third-order valence-electron chi connectivity index (χ3n) is 1.35. The van der Waals surface area contributed by atoms with Gasteiger partial charge in [-0.25, -0.2) is 0 Å². The number of hydrogen-bond donors (Lipinski definition) is 1. The minimum absolute atomic E-state index is 0.282. The second-order valence-electron chi connectivity index (χ2n) is 2.04. The van der Waals surface area contributed by atoms with Crippen LogP contribution in [0.4, 0.5) is 0 Å². The van der Waals surface area contributed by atoms with E-state index >= 15 is 0 Å². The first-order valence-corrected chi connectivity index (χ1v) is 3.64. The normalized spacial score (nSPS) is 13.8. The van der Waals surface area contributed by atoms with Crippen LogP contribution < -0.4 is 0 Å². The Morgan fingerprint density at radius 3 is 2.70 bits per heavy atom. The lowest BCUT2D eigenvalue weighted by atomic mass is 10.0. The van der Waals surface area contributed by atoms with Gasteiger partial charge in [-0.3, -0.25) is 4.79 Å². The molecule has 0 radical (unpaired) electrons. The average molecular weight is 163 g/mol. The van der Waals surface area contributed by atoms with Crippen molar-refractivity contribution in [2.45, 2.75) is 19.8 Å². The van der Waals surface area contributed by atoms with E-state index in [1.165, 1.54) is 5.54 Å². The number of hydrogen-bond acceptors (Lipinski definition) is 1. The SMILES string of the molecule is CCC(C/C=C/Cl)C(=O)O. The first-order chi connectivity index (χ1) is 4.72. The summed E-state index contributed by atoms with van der Waals surface area (Å²) in [5.41, 5.74) is 1.35. The highest BCUT2D eigenvalue weighted by atomic mass is 35.5. The predicted octanol–water partition coefficient (Wildman–Crippen LogP) is 2.24. The second kappa shape index (κ2) is 5.30. The molecule has 2 nitrogen and oxygen atoms in total. The van der Waals surface area contributed by atoms with Crippen LogP contribution in [-0.2, 0) is 4.79 Å². The fourth-order valence-electron chi connectivity index (χ4n) is 0.658. The van der Waals surface area contributed by atoms with Crippen molar-refractivity contribution in [2.24, 2.45) is 5.92 Å². The fourth-order valence-corrected chi connectivity index (χ4v) is 0.761. The lowest BCUT2D eigenvalue weighted by Gasteiger charge is -2.03. The maximum atomic E-state index is 10.4. The van der Waals surface area contributed by atoms with Crippen LogP contribution >= 0.6 is 11.6 Å². The first kappa shape index (κ1) is 9.50. The zero-order valence-electron chi connectivity index (χ0n) is 5.88. The molecule has 1 atom stereocenters. The van der Waals surface area contributed by atoms with Crippen molar-refractivity contribution in [3.8, 4) is 0 Å². The molecule has 1 unspecified atom stereocenters. The summed E-state index contributed by atoms with van der Waals surface area (Å²) in [5, 5.41) is 8.52. The Morgan fingerprint density at radius 1 is 1.80 bits per heavy atom. The number of halogens is 1. The van der Waals surface area contributed by atoms with Crippen LogP contribution in [0.3, 0.4) is 0 Å². The van der Waals surface area contributed by atoms with Gasteiger partial charge in [0, 0.05) is 5.54 Å². The molecular formula is C7H11ClO2. The molecule has 58 valence electrons. The zero-order chi connectivity index (χ0) is 7.98. The van der Waals surface area contributed by atoms with Crippen molar-refractivity contribution < 1.29 is 9.90 Å². The summed E-state index contributed by atoms with van der Waals surface area (Å²) in [6.07, 6.45) is 2.83. The van der Waals surface area contributed by atoms with Crippen LogP contribution in [0.25, 0.3) is 0 Å². The van der Waals surface area contributed by atoms with Gasteiger partial charge in [-0.05, 0) is 12.8 Å². The minimum atomic E-state index is -0.753. The third kappa shape index (κ3) is 3.51. The molecule has 0 fully saturated rings. The Labute approximate surface area is 65.5 Å². The van der Waals surface area contributed by atoms with E-state index < -0.39 is 5.97 Å². The molecule has 0 amide bonds. The van der Waals surface area contributed by atoms with Gasteiger partial charge in [0.15, 0.2) is 0 Å². The molecule has 0 aliphatic heterocycles. The Kier molecular flexibility index (Phi) is 5.03. The molecule has 0 heterocycles. The van der Waals surface area contributed by atoms with Gasteiger partial charge in [0.1, 0.15) is 0 Å². The number of carbonyl (C=O) groups is 1. The van der Waals surface area contributed by atoms with Crippen molar-refractivity contribution in [2.75, 3.05) is 0 Å². The molecule has 0 saturated heterocycles. The van der Waals surface area contributed by atoms with Crippen molar-refractivity contribution in [1.29, 1.82) is 0 Å². The Bertz CT molecular complexity index is 132. The Balaban J connectivity index is 3.71. The molecule has 0 bridgehead atoms. The van der Waals surface area contributed by atoms with E-state index in [1.807, 2.05) is 6.92 Å². The van der Waals surface area contributed by atoms with E-state index in [2.05, 4.69) is 0 Å². The summed E-state index contributed by atoms with van der Waals surface area (Å²) >= 11 is 5.23. The van der Waals surface area contributed by atoms with Crippen molar-refractivity contribution in [3.63, 3.8) is 0 Å². The van der Waals surface area contributed by atoms with E-state index in [0.29, 0.717) is 12.8 Å². The smallest absolute Gasteiger partial charge is 0.306 e. The van der Waals surface area contributed by atoms with Crippen LogP contribution in [0, 0.1) is 5.92 Å². The van der Waals surface area contributed by atoms with Gasteiger partial charge in [-0.15, -0.1) is 0 Å². The monoisotopic (exact) mass is 162 g/mol. The molecule has 1 N–H and O–H groups in total. The number of carboxylic acid groups (broad SMARTS) is 1. The molecule has 0 aromatic carbocycles. The fraction of sp³-hybridized carbons (Fsp3) is 0.571. The summed E-state index contributed by atoms with van der Waals surface area (Å²) in [5.74, 6) is -1.03. The number of allylic oxidation sites excluding steroid dienone is 1. The number of aliphatic carboxylic acids is 1. The zero-order valence-corrected chi connectivity index (χ0v) is 6.64. The molecule has 10 heavy (non-hydrogen) atoms. The van der Waals surface area contributed by atoms with E-state index in [1.54, 1.807) is 6.08 Å². The largest absolute Gasteiger partial charge is 0.481 e. The highest BCUT2D eigenvalue weighted by molar-refractivity contribution is 6.25. The van der Waals surface area contributed by atoms with Crippen molar-refractivity contribution >= 4 is 17.6 Å². The summed E-state index contributed by atoms with van der Waals surface area (Å²) in [6.45, 7) is 1.85. The molecule has 0 aliphatic rings. The van der Waals surface area contributed by atoms with Crippen LogP contribution in [-0.4, -0.2) is 11.1 Å². The van der Waals surface area contributed by atoms with E-state index in [4.69, 9.17) is 16.7 Å². The van der Waals surface area contributed by atoms with E-state index in [9.17, 15) is 4.79 Å². The number of carboxylic acids is 1. The lowest BCUT2D eigenvalue weighted by molar-refractivity contribution is -0.141. The second-order valence-corrected chi connectivity index (χ2v) is 2.29. The summed E-state index contributed by atoms with van der Waals surface area (Å²) in [7, 11) is 0. The van der Waals surface area contributed by atoms with Crippen LogP contribution in [0.1, 0.15) is 19.8 Å². The van der Waals surface area contributed by atoms with Gasteiger partial charge < -0.3 is 5.11 Å². The maximum absolute atomic E-state index is 10.4. The number of rotatable bonds is 4. The molecule has 0 spiro atoms. The summed E-state index contributed by atoms with van der Waals surface area (Å²) in [4.78, 5) is 10.4. The molecular weight excluding hydrogens is 152 g/mol. The van der Waals surface area contributed by atoms with E-state index in [0.717, 1.165) is 0 Å². The highest BCUT2D eigenvalue weighted by Crippen LogP contribution is 2.08. The van der Waals surface area contributed by atoms with Crippen molar-refractivity contribution in [3.05, 3.63) is 11.6 Å². The van der Waals surface area contributed by atoms with E-state index in [-0.39, 0.29) is 5.92 Å². The van der Waals surface area contributed by atoms with Gasteiger partial charge in [0.05, 0.1) is 5.92 Å². The summed E-state index contributed by atoms with van der Waals surface area (Å²) < 4.78 is 0. The topological polar surface area (TPSA) is 37.3 Å². The molecule has 0 saturated carbocycles. The molecule has 0 aliphatic carbocycles. The third-order valence-corrected chi connectivity index (χ3v) is 1.53. The molecule has 0 aromatic rings. The van der Waals surface area contributed by atoms with Gasteiger partial charge in [-0.1, -0.05) is 24.6 Å². The quantitative estimate of drug-likeness (QED) is 0.689. The maximum Gasteiger partial charge on any atom is 0.306 e. The van der Waals surface area contributed by atoms with Gasteiger partial charge in [0.2, 0.25) is 0 Å². The molecule has 0 aromatic heterocycles. The standard InChI is InChI=1S/C7H11ClO2/c1-2-6(7(9)10)4-3-5-8/h3,5-6H,2,4H2,1H3,(H,9,10)/b5-3+. The van der Waals surface area contributed by atoms with Gasteiger partial charge in [0.25, 0.3) is 0 Å². The lowest BCUT2D eigenvalue weighted by Crippen LogP contribution is -2.10. The van der Waals surface area contributed by atoms with Gasteiger partial charge >= 0.3 is 5.97 Å². The van der Waals surface area contributed by atoms with Crippen LogP contribution in [0.2, 0.25) is 0 Å². The molecule has 0 rings (SSSR count). The predicted molar refractivity (Wildman–Crippen MR) is 41.0 cm³/mol. The van der Waals surface area contributed by atoms with Crippen LogP contribution in [0.5, 0.6) is 0 Å². The van der Waals surface area contributed by atoms with Gasteiger partial charge in [-0.2, -0.15) is 0 Å². The average Bonchev–Trinajstić information content (AvgIpc) is 1.89. The highest BCUT2D eigenvalue weighted by Gasteiger charge is 2.11. The molecule has 3 heteroatoms. The summed E-state index contributed by atoms with van der Waals surface area (Å²) in [6, 6.07) is 0. The Morgan fingerprint density at radius 2 is 2.40 bits per heavy atom. The Hall–Kier alpha value is -0.500.